The highest BCUT2D eigenvalue weighted by Gasteiger charge is 2.24. The van der Waals surface area contributed by atoms with Crippen LogP contribution in [-0.4, -0.2) is 40.3 Å². The maximum absolute atomic E-state index is 13.7. The van der Waals surface area contributed by atoms with Crippen LogP contribution in [-0.2, 0) is 9.53 Å². The van der Waals surface area contributed by atoms with Gasteiger partial charge in [-0.15, -0.1) is 0 Å². The number of esters is 1. The quantitative estimate of drug-likeness (QED) is 0.311. The van der Waals surface area contributed by atoms with E-state index in [-0.39, 0.29) is 24.8 Å². The number of nitrogens with one attached hydrogen (secondary N) is 2. The molecule has 0 bridgehead atoms. The number of hydrogen-bond donors (Lipinski definition) is 2. The van der Waals surface area contributed by atoms with Crippen LogP contribution in [0.2, 0.25) is 0 Å². The summed E-state index contributed by atoms with van der Waals surface area (Å²) in [5.74, 6) is -1.31. The molecular weight excluding hydrogens is 508 g/mol. The van der Waals surface area contributed by atoms with Gasteiger partial charge in [0.1, 0.15) is 0 Å². The number of carbonyl (C=O) groups is 3. The number of anilines is 1. The van der Waals surface area contributed by atoms with Crippen LogP contribution < -0.4 is 16.2 Å². The second-order valence-corrected chi connectivity index (χ2v) is 9.85. The Hall–Kier alpha value is -4.66. The standard InChI is InChI=1S/C31H32N4O5/c1-2-40-31(39)21-13-16-23(17-14-21)33-28(36)20-32-29(37)22-15-18-27-26(19-22)30(38)35(25-11-7-4-8-12-25)34(27)24-9-5-3-6-10-24/h4,7-8,11-19,24H,2-3,5-6,9-10,20H2,1H3,(H,32,37)(H,33,36). The third kappa shape index (κ3) is 5.68. The molecule has 4 aromatic rings. The molecule has 1 aliphatic carbocycles. The van der Waals surface area contributed by atoms with Gasteiger partial charge in [0.25, 0.3) is 11.5 Å². The van der Waals surface area contributed by atoms with Crippen LogP contribution in [0.25, 0.3) is 16.6 Å². The number of rotatable bonds is 8. The van der Waals surface area contributed by atoms with Gasteiger partial charge in [-0.05, 0) is 74.4 Å². The van der Waals surface area contributed by atoms with E-state index in [1.807, 2.05) is 36.4 Å². The summed E-state index contributed by atoms with van der Waals surface area (Å²) < 4.78 is 8.77. The molecule has 0 saturated heterocycles. The van der Waals surface area contributed by atoms with Crippen LogP contribution in [0.5, 0.6) is 0 Å². The van der Waals surface area contributed by atoms with Crippen molar-refractivity contribution in [2.45, 2.75) is 45.1 Å². The van der Waals surface area contributed by atoms with Crippen LogP contribution in [0.3, 0.4) is 0 Å². The third-order valence-corrected chi connectivity index (χ3v) is 7.15. The summed E-state index contributed by atoms with van der Waals surface area (Å²) >= 11 is 0. The average molecular weight is 541 g/mol. The molecule has 2 N–H and O–H groups in total. The van der Waals surface area contributed by atoms with Gasteiger partial charge in [0.2, 0.25) is 5.91 Å². The highest BCUT2D eigenvalue weighted by Crippen LogP contribution is 2.31. The lowest BCUT2D eigenvalue weighted by Crippen LogP contribution is -2.32. The van der Waals surface area contributed by atoms with Gasteiger partial charge in [-0.3, -0.25) is 19.1 Å². The van der Waals surface area contributed by atoms with Gasteiger partial charge in [-0.2, -0.15) is 0 Å². The molecule has 206 valence electrons. The fourth-order valence-corrected chi connectivity index (χ4v) is 5.24. The first-order valence-corrected chi connectivity index (χ1v) is 13.6. The molecule has 0 atom stereocenters. The largest absolute Gasteiger partial charge is 0.462 e. The lowest BCUT2D eigenvalue weighted by atomic mass is 9.95. The molecule has 1 saturated carbocycles. The summed E-state index contributed by atoms with van der Waals surface area (Å²) in [6, 6.07) is 21.2. The minimum absolute atomic E-state index is 0.176. The first-order valence-electron chi connectivity index (χ1n) is 13.6. The van der Waals surface area contributed by atoms with Gasteiger partial charge in [0.15, 0.2) is 0 Å². The molecule has 1 heterocycles. The Morgan fingerprint density at radius 2 is 1.60 bits per heavy atom. The Labute approximate surface area is 231 Å². The molecule has 0 radical (unpaired) electrons. The lowest BCUT2D eigenvalue weighted by Gasteiger charge is -2.26. The van der Waals surface area contributed by atoms with Gasteiger partial charge >= 0.3 is 5.97 Å². The summed E-state index contributed by atoms with van der Waals surface area (Å²) in [7, 11) is 0. The molecule has 1 aliphatic rings. The SMILES string of the molecule is CCOC(=O)c1ccc(NC(=O)CNC(=O)c2ccc3c(c2)c(=O)n(-c2ccccc2)n3C2CCCCC2)cc1. The Morgan fingerprint density at radius 3 is 2.30 bits per heavy atom. The van der Waals surface area contributed by atoms with Crippen molar-refractivity contribution in [2.24, 2.45) is 0 Å². The fourth-order valence-electron chi connectivity index (χ4n) is 5.24. The number of ether oxygens (including phenoxy) is 1. The van der Waals surface area contributed by atoms with Crippen LogP contribution in [0, 0.1) is 0 Å². The van der Waals surface area contributed by atoms with Crippen molar-refractivity contribution in [1.29, 1.82) is 0 Å². The molecule has 3 aromatic carbocycles. The van der Waals surface area contributed by atoms with E-state index >= 15 is 0 Å². The van der Waals surface area contributed by atoms with Crippen molar-refractivity contribution in [3.05, 3.63) is 94.3 Å². The van der Waals surface area contributed by atoms with E-state index in [2.05, 4.69) is 15.3 Å². The molecule has 40 heavy (non-hydrogen) atoms. The molecule has 2 amide bonds. The van der Waals surface area contributed by atoms with Crippen molar-refractivity contribution in [3.8, 4) is 5.69 Å². The van der Waals surface area contributed by atoms with E-state index < -0.39 is 17.8 Å². The molecule has 1 aromatic heterocycles. The minimum atomic E-state index is -0.453. The molecular formula is C31H32N4O5. The topological polar surface area (TPSA) is 111 Å². The van der Waals surface area contributed by atoms with E-state index in [0.717, 1.165) is 36.9 Å². The highest BCUT2D eigenvalue weighted by atomic mass is 16.5. The normalized spacial score (nSPS) is 13.6. The summed E-state index contributed by atoms with van der Waals surface area (Å²) in [5.41, 5.74) is 2.57. The molecule has 9 nitrogen and oxygen atoms in total. The van der Waals surface area contributed by atoms with Crippen LogP contribution in [0.4, 0.5) is 5.69 Å². The number of fused-ring (bicyclic) bond motifs is 1. The number of hydrogen-bond acceptors (Lipinski definition) is 5. The molecule has 0 spiro atoms. The molecule has 9 heteroatoms. The van der Waals surface area contributed by atoms with Gasteiger partial charge in [0, 0.05) is 11.3 Å². The monoisotopic (exact) mass is 540 g/mol. The number of amides is 2. The van der Waals surface area contributed by atoms with Crippen molar-refractivity contribution in [2.75, 3.05) is 18.5 Å². The first-order chi connectivity index (χ1) is 19.5. The summed E-state index contributed by atoms with van der Waals surface area (Å²) in [6.07, 6.45) is 5.43. The zero-order valence-corrected chi connectivity index (χ0v) is 22.4. The van der Waals surface area contributed by atoms with E-state index in [9.17, 15) is 19.2 Å². The van der Waals surface area contributed by atoms with Crippen molar-refractivity contribution in [1.82, 2.24) is 14.7 Å². The zero-order chi connectivity index (χ0) is 28.1. The lowest BCUT2D eigenvalue weighted by molar-refractivity contribution is -0.115. The smallest absolute Gasteiger partial charge is 0.338 e. The second kappa shape index (κ2) is 12.0. The van der Waals surface area contributed by atoms with Crippen LogP contribution >= 0.6 is 0 Å². The van der Waals surface area contributed by atoms with E-state index in [1.54, 1.807) is 48.0 Å². The minimum Gasteiger partial charge on any atom is -0.462 e. The Bertz CT molecular complexity index is 1580. The van der Waals surface area contributed by atoms with Gasteiger partial charge in [-0.1, -0.05) is 37.5 Å². The maximum Gasteiger partial charge on any atom is 0.338 e. The van der Waals surface area contributed by atoms with Gasteiger partial charge in [-0.25, -0.2) is 9.48 Å². The maximum atomic E-state index is 13.7. The Balaban J connectivity index is 1.32. The molecule has 5 rings (SSSR count). The first kappa shape index (κ1) is 26.9. The number of nitrogens with zero attached hydrogens (tertiary/aromatic N) is 2. The van der Waals surface area contributed by atoms with Crippen molar-refractivity contribution >= 4 is 34.4 Å². The number of para-hydroxylation sites is 1. The van der Waals surface area contributed by atoms with E-state index in [4.69, 9.17) is 4.74 Å². The molecule has 0 aliphatic heterocycles. The summed E-state index contributed by atoms with van der Waals surface area (Å²) in [5, 5.41) is 5.78. The van der Waals surface area contributed by atoms with Gasteiger partial charge in [0.05, 0.1) is 41.3 Å². The van der Waals surface area contributed by atoms with Crippen molar-refractivity contribution in [3.63, 3.8) is 0 Å². The van der Waals surface area contributed by atoms with E-state index in [0.29, 0.717) is 22.2 Å². The average Bonchev–Trinajstić information content (AvgIpc) is 3.28. The molecule has 0 unspecified atom stereocenters. The van der Waals surface area contributed by atoms with Crippen LogP contribution in [0.15, 0.2) is 77.6 Å². The highest BCUT2D eigenvalue weighted by molar-refractivity contribution is 6.01. The third-order valence-electron chi connectivity index (χ3n) is 7.15. The fraction of sp³-hybridized carbons (Fsp3) is 0.290. The van der Waals surface area contributed by atoms with Crippen molar-refractivity contribution < 1.29 is 19.1 Å². The summed E-state index contributed by atoms with van der Waals surface area (Å²) in [6.45, 7) is 1.75. The van der Waals surface area contributed by atoms with Crippen LogP contribution in [0.1, 0.15) is 65.8 Å². The molecule has 1 fully saturated rings. The summed E-state index contributed by atoms with van der Waals surface area (Å²) in [4.78, 5) is 50.8. The number of carbonyl (C=O) groups excluding carboxylic acids is 3. The second-order valence-electron chi connectivity index (χ2n) is 9.85. The Kier molecular flexibility index (Phi) is 8.10. The number of aromatic nitrogens is 2. The van der Waals surface area contributed by atoms with Gasteiger partial charge < -0.3 is 15.4 Å². The van der Waals surface area contributed by atoms with E-state index in [1.165, 1.54) is 6.42 Å². The Morgan fingerprint density at radius 1 is 0.900 bits per heavy atom. The predicted octanol–water partition coefficient (Wildman–Crippen LogP) is 4.84. The zero-order valence-electron chi connectivity index (χ0n) is 22.4. The predicted molar refractivity (Wildman–Crippen MR) is 153 cm³/mol. The number of benzene rings is 3.